The van der Waals surface area contributed by atoms with Gasteiger partial charge < -0.3 is 4.43 Å². The highest BCUT2D eigenvalue weighted by Crippen LogP contribution is 2.22. The van der Waals surface area contributed by atoms with E-state index in [1.54, 1.807) is 0 Å². The lowest BCUT2D eigenvalue weighted by molar-refractivity contribution is 0.554. The first-order chi connectivity index (χ1) is 5.49. The summed E-state index contributed by atoms with van der Waals surface area (Å²) in [5.74, 6) is 1.03. The minimum Gasteiger partial charge on any atom is -0.544 e. The van der Waals surface area contributed by atoms with Crippen molar-refractivity contribution >= 4 is 30.9 Å². The summed E-state index contributed by atoms with van der Waals surface area (Å²) in [5, 5.41) is 0. The molecule has 1 aromatic rings. The second-order valence-corrected chi connectivity index (χ2v) is 9.24. The molecule has 0 aliphatic rings. The highest BCUT2D eigenvalue weighted by molar-refractivity contribution is 14.1. The third-order valence-corrected chi connectivity index (χ3v) is 2.98. The molecule has 0 heterocycles. The van der Waals surface area contributed by atoms with Gasteiger partial charge in [0.05, 0.1) is 3.57 Å². The molecule has 66 valence electrons. The molecule has 0 amide bonds. The minimum atomic E-state index is -1.43. The normalized spacial score (nSPS) is 11.3. The van der Waals surface area contributed by atoms with Crippen molar-refractivity contribution in [1.29, 1.82) is 0 Å². The molecule has 12 heavy (non-hydrogen) atoms. The summed E-state index contributed by atoms with van der Waals surface area (Å²) in [6.45, 7) is 6.57. The number of rotatable bonds is 2. The molecule has 0 spiro atoms. The molecule has 0 atom stereocenters. The zero-order valence-corrected chi connectivity index (χ0v) is 10.8. The van der Waals surface area contributed by atoms with Crippen LogP contribution in [0.2, 0.25) is 19.6 Å². The van der Waals surface area contributed by atoms with Crippen LogP contribution < -0.4 is 4.43 Å². The molecular formula is C9H13IOSi. The highest BCUT2D eigenvalue weighted by Gasteiger charge is 2.16. The van der Waals surface area contributed by atoms with E-state index < -0.39 is 8.32 Å². The summed E-state index contributed by atoms with van der Waals surface area (Å²) in [7, 11) is -1.43. The molecule has 0 aromatic heterocycles. The molecular weight excluding hydrogens is 279 g/mol. The lowest BCUT2D eigenvalue weighted by Crippen LogP contribution is -2.29. The average molecular weight is 292 g/mol. The van der Waals surface area contributed by atoms with E-state index in [1.165, 1.54) is 3.57 Å². The van der Waals surface area contributed by atoms with Crippen molar-refractivity contribution in [2.45, 2.75) is 19.6 Å². The molecule has 0 aliphatic heterocycles. The Kier molecular flexibility index (Phi) is 3.17. The second-order valence-electron chi connectivity index (χ2n) is 3.64. The smallest absolute Gasteiger partial charge is 0.242 e. The molecule has 1 aromatic carbocycles. The van der Waals surface area contributed by atoms with Crippen LogP contribution in [0.15, 0.2) is 24.3 Å². The van der Waals surface area contributed by atoms with Crippen molar-refractivity contribution < 1.29 is 4.43 Å². The van der Waals surface area contributed by atoms with Crippen molar-refractivity contribution in [2.75, 3.05) is 0 Å². The van der Waals surface area contributed by atoms with E-state index in [2.05, 4.69) is 48.3 Å². The zero-order chi connectivity index (χ0) is 9.19. The van der Waals surface area contributed by atoms with E-state index in [-0.39, 0.29) is 0 Å². The fourth-order valence-corrected chi connectivity index (χ4v) is 2.40. The third-order valence-electron chi connectivity index (χ3n) is 1.25. The second kappa shape index (κ2) is 3.78. The summed E-state index contributed by atoms with van der Waals surface area (Å²) >= 11 is 2.30. The Morgan fingerprint density at radius 3 is 2.25 bits per heavy atom. The molecule has 1 nitrogen and oxygen atoms in total. The maximum absolute atomic E-state index is 5.86. The predicted molar refractivity (Wildman–Crippen MR) is 63.1 cm³/mol. The third kappa shape index (κ3) is 3.14. The van der Waals surface area contributed by atoms with E-state index in [0.717, 1.165) is 5.75 Å². The molecule has 3 heteroatoms. The summed E-state index contributed by atoms with van der Waals surface area (Å²) in [6.07, 6.45) is 0. The molecule has 0 saturated heterocycles. The number of para-hydroxylation sites is 1. The predicted octanol–water partition coefficient (Wildman–Crippen LogP) is 3.50. The zero-order valence-electron chi connectivity index (χ0n) is 7.60. The maximum Gasteiger partial charge on any atom is 0.242 e. The van der Waals surface area contributed by atoms with Gasteiger partial charge in [0, 0.05) is 0 Å². The Bertz CT molecular complexity index is 267. The van der Waals surface area contributed by atoms with Crippen molar-refractivity contribution in [3.8, 4) is 5.75 Å². The quantitative estimate of drug-likeness (QED) is 0.599. The summed E-state index contributed by atoms with van der Waals surface area (Å²) in [6, 6.07) is 8.13. The van der Waals surface area contributed by atoms with Gasteiger partial charge in [0.1, 0.15) is 5.75 Å². The summed E-state index contributed by atoms with van der Waals surface area (Å²) in [5.41, 5.74) is 0. The van der Waals surface area contributed by atoms with Gasteiger partial charge in [0.2, 0.25) is 8.32 Å². The van der Waals surface area contributed by atoms with Crippen molar-refractivity contribution in [3.63, 3.8) is 0 Å². The number of halogens is 1. The van der Waals surface area contributed by atoms with Gasteiger partial charge in [-0.1, -0.05) is 12.1 Å². The number of benzene rings is 1. The molecule has 0 radical (unpaired) electrons. The fraction of sp³-hybridized carbons (Fsp3) is 0.333. The lowest BCUT2D eigenvalue weighted by Gasteiger charge is -2.19. The maximum atomic E-state index is 5.86. The molecule has 0 bridgehead atoms. The van der Waals surface area contributed by atoms with E-state index in [0.29, 0.717) is 0 Å². The first-order valence-corrected chi connectivity index (χ1v) is 8.41. The Morgan fingerprint density at radius 2 is 1.75 bits per heavy atom. The Morgan fingerprint density at radius 1 is 1.17 bits per heavy atom. The Balaban J connectivity index is 2.83. The van der Waals surface area contributed by atoms with Gasteiger partial charge in [-0.05, 0) is 54.4 Å². The van der Waals surface area contributed by atoms with Gasteiger partial charge in [-0.3, -0.25) is 0 Å². The van der Waals surface area contributed by atoms with Crippen LogP contribution in [0.3, 0.4) is 0 Å². The van der Waals surface area contributed by atoms with Crippen LogP contribution in [-0.4, -0.2) is 8.32 Å². The molecule has 0 unspecified atom stereocenters. The van der Waals surface area contributed by atoms with Crippen LogP contribution in [0.25, 0.3) is 0 Å². The number of hydrogen-bond donors (Lipinski definition) is 0. The van der Waals surface area contributed by atoms with Gasteiger partial charge in [-0.2, -0.15) is 0 Å². The van der Waals surface area contributed by atoms with E-state index in [9.17, 15) is 0 Å². The molecule has 0 saturated carbocycles. The van der Waals surface area contributed by atoms with Crippen molar-refractivity contribution in [1.82, 2.24) is 0 Å². The lowest BCUT2D eigenvalue weighted by atomic mass is 10.3. The van der Waals surface area contributed by atoms with E-state index in [1.807, 2.05) is 18.2 Å². The largest absolute Gasteiger partial charge is 0.544 e. The SMILES string of the molecule is C[Si](C)(C)Oc1ccccc1I. The Labute approximate surface area is 88.4 Å². The van der Waals surface area contributed by atoms with Gasteiger partial charge >= 0.3 is 0 Å². The highest BCUT2D eigenvalue weighted by atomic mass is 127. The average Bonchev–Trinajstić information content (AvgIpc) is 1.91. The van der Waals surface area contributed by atoms with Gasteiger partial charge in [-0.15, -0.1) is 0 Å². The Hall–Kier alpha value is -0.0331. The summed E-state index contributed by atoms with van der Waals surface area (Å²) < 4.78 is 7.06. The van der Waals surface area contributed by atoms with Crippen LogP contribution in [0, 0.1) is 3.57 Å². The van der Waals surface area contributed by atoms with Gasteiger partial charge in [0.15, 0.2) is 0 Å². The van der Waals surface area contributed by atoms with E-state index >= 15 is 0 Å². The fourth-order valence-electron chi connectivity index (χ4n) is 0.857. The molecule has 0 aliphatic carbocycles. The monoisotopic (exact) mass is 292 g/mol. The van der Waals surface area contributed by atoms with Gasteiger partial charge in [-0.25, -0.2) is 0 Å². The number of hydrogen-bond acceptors (Lipinski definition) is 1. The standard InChI is InChI=1S/C9H13IOSi/c1-12(2,3)11-9-7-5-4-6-8(9)10/h4-7H,1-3H3. The first-order valence-electron chi connectivity index (χ1n) is 3.92. The van der Waals surface area contributed by atoms with Crippen LogP contribution in [0.4, 0.5) is 0 Å². The van der Waals surface area contributed by atoms with Crippen LogP contribution in [0.5, 0.6) is 5.75 Å². The first kappa shape index (κ1) is 10.1. The van der Waals surface area contributed by atoms with Crippen molar-refractivity contribution in [3.05, 3.63) is 27.8 Å². The van der Waals surface area contributed by atoms with Crippen LogP contribution in [0.1, 0.15) is 0 Å². The van der Waals surface area contributed by atoms with Crippen molar-refractivity contribution in [2.24, 2.45) is 0 Å². The van der Waals surface area contributed by atoms with Crippen LogP contribution in [-0.2, 0) is 0 Å². The van der Waals surface area contributed by atoms with Crippen LogP contribution >= 0.6 is 22.6 Å². The molecule has 1 rings (SSSR count). The minimum absolute atomic E-state index is 1.03. The summed E-state index contributed by atoms with van der Waals surface area (Å²) in [4.78, 5) is 0. The molecule has 0 N–H and O–H groups in total. The van der Waals surface area contributed by atoms with Gasteiger partial charge in [0.25, 0.3) is 0 Å². The topological polar surface area (TPSA) is 9.23 Å². The molecule has 0 fully saturated rings. The van der Waals surface area contributed by atoms with E-state index in [4.69, 9.17) is 4.43 Å².